The fourth-order valence-electron chi connectivity index (χ4n) is 9.23. The Bertz CT molecular complexity index is 2880. The molecule has 36 heteroatoms. The van der Waals surface area contributed by atoms with Crippen LogP contribution in [-0.4, -0.2) is 237 Å². The average Bonchev–Trinajstić information content (AvgIpc) is 1.58. The summed E-state index contributed by atoms with van der Waals surface area (Å²) >= 11 is 1.32. The van der Waals surface area contributed by atoms with Gasteiger partial charge in [-0.15, -0.1) is 0 Å². The monoisotopic (exact) mass is 1350 g/mol. The van der Waals surface area contributed by atoms with Gasteiger partial charge in [0.2, 0.25) is 65.0 Å². The first-order chi connectivity index (χ1) is 44.3. The molecule has 0 bridgehead atoms. The molecule has 11 amide bonds. The Balaban J connectivity index is 2.33. The van der Waals surface area contributed by atoms with Gasteiger partial charge in [0.1, 0.15) is 54.9 Å². The molecule has 1 saturated heterocycles. The van der Waals surface area contributed by atoms with Crippen LogP contribution in [0.15, 0.2) is 24.3 Å². The Hall–Kier alpha value is -9.32. The zero-order valence-corrected chi connectivity index (χ0v) is 53.6. The maximum Gasteiger partial charge on any atom is 0.303 e. The van der Waals surface area contributed by atoms with Crippen molar-refractivity contribution in [3.05, 3.63) is 35.4 Å². The van der Waals surface area contributed by atoms with Crippen LogP contribution in [0.25, 0.3) is 0 Å². The average molecular weight is 1350 g/mol. The first-order valence-electron chi connectivity index (χ1n) is 30.0. The lowest BCUT2D eigenvalue weighted by Crippen LogP contribution is -2.59. The molecule has 1 aliphatic rings. The number of Topliss-reactive ketones (excluding diaryl/α,β-unsaturated/α-hetero) is 1. The highest BCUT2D eigenvalue weighted by Crippen LogP contribution is 2.19. The number of ether oxygens (including phenoxy) is 1. The summed E-state index contributed by atoms with van der Waals surface area (Å²) in [7, 11) is 1.41. The van der Waals surface area contributed by atoms with E-state index in [1.165, 1.54) is 54.9 Å². The molecule has 17 N–H and O–H groups in total. The van der Waals surface area contributed by atoms with Crippen molar-refractivity contribution in [3.63, 3.8) is 0 Å². The second-order valence-electron chi connectivity index (χ2n) is 22.2. The first kappa shape index (κ1) is 80.8. The molecule has 1 aromatic carbocycles. The third-order valence-electron chi connectivity index (χ3n) is 14.2. The van der Waals surface area contributed by atoms with Crippen LogP contribution in [0, 0.1) is 5.92 Å². The van der Waals surface area contributed by atoms with Gasteiger partial charge in [0, 0.05) is 70.0 Å². The van der Waals surface area contributed by atoms with Crippen molar-refractivity contribution in [1.82, 2.24) is 58.1 Å². The molecular weight excluding hydrogens is 1260 g/mol. The van der Waals surface area contributed by atoms with Gasteiger partial charge in [-0.1, -0.05) is 38.1 Å². The lowest BCUT2D eigenvalue weighted by molar-refractivity contribution is -0.142. The number of aliphatic carboxylic acids is 5. The van der Waals surface area contributed by atoms with Gasteiger partial charge in [0.15, 0.2) is 5.78 Å². The number of nitrogens with two attached hydrogens (primary N) is 1. The van der Waals surface area contributed by atoms with Crippen molar-refractivity contribution in [1.29, 1.82) is 0 Å². The zero-order valence-electron chi connectivity index (χ0n) is 52.7. The van der Waals surface area contributed by atoms with E-state index in [0.29, 0.717) is 12.0 Å². The molecule has 94 heavy (non-hydrogen) atoms. The predicted octanol–water partition coefficient (Wildman–Crippen LogP) is -4.13. The number of amides is 11. The Morgan fingerprint density at radius 2 is 1.01 bits per heavy atom. The topological polar surface area (TPSA) is 550 Å². The minimum absolute atomic E-state index is 0.104. The molecule has 1 aromatic rings. The standard InChI is InChI=1S/C58H86N12O23S/c1-30(2)25-39(53(87)62-27-43(72)63-41(29-94-5)51(85)60-4)69-58(92)42-7-6-23-70(42)44(73)28-93-24-22-61-52(86)40(26-32-8-10-33(11-9-32)31(3)71)68-57(91)38(16-21-49(82)83)67-56(90)37(15-20-48(80)81)66-55(89)36(14-19-47(78)79)65-54(88)35(13-18-46(76)77)64-50(84)34(59)12-17-45(74)75/h8-11,30,34-42H,6-7,12-29,59H2,1-5H3,(H,60,85)(H,61,86)(H,62,87)(H,63,72)(H,64,84)(H,65,88)(H,66,89)(H,67,90)(H,68,91)(H,69,92)(H,74,75)(H,76,77)(H,78,79)(H,80,81)(H,82,83)/t34-,35-,36-,37-,38-,39+,40+,41+,42+/m1/s1. The highest BCUT2D eigenvalue weighted by atomic mass is 32.2. The predicted molar refractivity (Wildman–Crippen MR) is 329 cm³/mol. The number of ketones is 1. The van der Waals surface area contributed by atoms with E-state index >= 15 is 0 Å². The number of nitrogens with one attached hydrogen (secondary N) is 10. The Labute approximate surface area is 544 Å². The van der Waals surface area contributed by atoms with Crippen LogP contribution in [0.3, 0.4) is 0 Å². The minimum atomic E-state index is -1.95. The minimum Gasteiger partial charge on any atom is -0.481 e. The molecule has 9 atom stereocenters. The highest BCUT2D eigenvalue weighted by Gasteiger charge is 2.38. The quantitative estimate of drug-likeness (QED) is 0.0218. The molecule has 1 aliphatic heterocycles. The van der Waals surface area contributed by atoms with E-state index < -0.39 is 227 Å². The smallest absolute Gasteiger partial charge is 0.303 e. The largest absolute Gasteiger partial charge is 0.481 e. The molecule has 35 nitrogen and oxygen atoms in total. The number of benzene rings is 1. The third kappa shape index (κ3) is 30.9. The summed E-state index contributed by atoms with van der Waals surface area (Å²) in [6.07, 6.45) is -4.77. The molecule has 522 valence electrons. The van der Waals surface area contributed by atoms with Gasteiger partial charge in [0.05, 0.1) is 19.2 Å². The number of carbonyl (C=O) groups excluding carboxylic acids is 12. The van der Waals surface area contributed by atoms with Gasteiger partial charge in [-0.05, 0) is 76.0 Å². The molecular formula is C58H86N12O23S. The van der Waals surface area contributed by atoms with E-state index in [2.05, 4.69) is 53.2 Å². The molecule has 0 spiro atoms. The molecule has 2 rings (SSSR count). The van der Waals surface area contributed by atoms with Crippen LogP contribution in [0.4, 0.5) is 0 Å². The SMILES string of the molecule is CNC(=O)[C@H](CSC)NC(=O)CNC(=O)[C@H](CC(C)C)NC(=O)[C@@H]1CCCN1C(=O)COCCNC(=O)[C@H](Cc1ccc(C(C)=O)cc1)NC(=O)[C@@H](CCC(=O)O)NC(=O)[C@@H](CCC(=O)O)NC(=O)[C@@H](CCC(=O)O)NC(=O)[C@@H](CCC(=O)O)NC(=O)[C@H](N)CCC(=O)O. The van der Waals surface area contributed by atoms with Gasteiger partial charge in [0.25, 0.3) is 0 Å². The van der Waals surface area contributed by atoms with Crippen LogP contribution < -0.4 is 58.9 Å². The number of thioether (sulfide) groups is 1. The van der Waals surface area contributed by atoms with Gasteiger partial charge in [-0.25, -0.2) is 0 Å². The Kier molecular flexibility index (Phi) is 36.1. The van der Waals surface area contributed by atoms with E-state index in [1.54, 1.807) is 6.26 Å². The summed E-state index contributed by atoms with van der Waals surface area (Å²) in [6, 6.07) is -7.71. The number of nitrogens with zero attached hydrogens (tertiary/aromatic N) is 1. The van der Waals surface area contributed by atoms with E-state index in [9.17, 15) is 102 Å². The van der Waals surface area contributed by atoms with E-state index in [-0.39, 0.29) is 62.0 Å². The van der Waals surface area contributed by atoms with E-state index in [1.807, 2.05) is 13.8 Å². The van der Waals surface area contributed by atoms with Crippen LogP contribution in [0.2, 0.25) is 0 Å². The summed E-state index contributed by atoms with van der Waals surface area (Å²) in [5.74, 6) is -17.5. The lowest BCUT2D eigenvalue weighted by Gasteiger charge is -2.27. The van der Waals surface area contributed by atoms with Gasteiger partial charge in [-0.2, -0.15) is 11.8 Å². The van der Waals surface area contributed by atoms with Gasteiger partial charge < -0.3 is 94.1 Å². The molecule has 1 fully saturated rings. The normalized spacial score (nSPS) is 15.1. The number of carboxylic acids is 5. The second kappa shape index (κ2) is 42.0. The summed E-state index contributed by atoms with van der Waals surface area (Å²) in [5.41, 5.74) is 6.41. The number of hydrogen-bond donors (Lipinski definition) is 16. The maximum absolute atomic E-state index is 14.2. The number of likely N-dealkylation sites (N-methyl/N-ethyl adjacent to an activating group) is 1. The van der Waals surface area contributed by atoms with Crippen molar-refractivity contribution in [2.45, 2.75) is 165 Å². The Morgan fingerprint density at radius 3 is 1.45 bits per heavy atom. The van der Waals surface area contributed by atoms with Crippen LogP contribution >= 0.6 is 11.8 Å². The molecule has 0 aliphatic carbocycles. The van der Waals surface area contributed by atoms with Crippen molar-refractivity contribution in [2.75, 3.05) is 51.9 Å². The van der Waals surface area contributed by atoms with Gasteiger partial charge >= 0.3 is 29.8 Å². The summed E-state index contributed by atoms with van der Waals surface area (Å²) in [4.78, 5) is 219. The van der Waals surface area contributed by atoms with Crippen LogP contribution in [0.1, 0.15) is 120 Å². The molecule has 0 aromatic heterocycles. The van der Waals surface area contributed by atoms with Gasteiger partial charge in [-0.3, -0.25) is 81.5 Å². The van der Waals surface area contributed by atoms with Crippen molar-refractivity contribution < 1.29 is 112 Å². The van der Waals surface area contributed by atoms with Crippen LogP contribution in [-0.2, 0) is 87.9 Å². The van der Waals surface area contributed by atoms with Crippen molar-refractivity contribution in [3.8, 4) is 0 Å². The lowest BCUT2D eigenvalue weighted by atomic mass is 10.0. The highest BCUT2D eigenvalue weighted by molar-refractivity contribution is 7.98. The fourth-order valence-corrected chi connectivity index (χ4v) is 9.79. The number of rotatable bonds is 45. The summed E-state index contributed by atoms with van der Waals surface area (Å²) < 4.78 is 5.58. The van der Waals surface area contributed by atoms with E-state index in [4.69, 9.17) is 15.6 Å². The number of carboxylic acid groups (broad SMARTS) is 5. The molecule has 0 saturated carbocycles. The van der Waals surface area contributed by atoms with Crippen molar-refractivity contribution >= 4 is 112 Å². The molecule has 0 unspecified atom stereocenters. The number of hydrogen-bond acceptors (Lipinski definition) is 20. The fraction of sp³-hybridized carbons (Fsp3) is 0.603. The summed E-state index contributed by atoms with van der Waals surface area (Å²) in [5, 5.41) is 71.0. The van der Waals surface area contributed by atoms with Crippen LogP contribution in [0.5, 0.6) is 0 Å². The second-order valence-corrected chi connectivity index (χ2v) is 23.1. The maximum atomic E-state index is 14.2. The molecule has 0 radical (unpaired) electrons. The third-order valence-corrected chi connectivity index (χ3v) is 14.9. The number of carbonyl (C=O) groups is 17. The summed E-state index contributed by atoms with van der Waals surface area (Å²) in [6.45, 7) is 3.37. The Morgan fingerprint density at radius 1 is 0.564 bits per heavy atom. The van der Waals surface area contributed by atoms with Crippen molar-refractivity contribution in [2.24, 2.45) is 11.7 Å². The zero-order chi connectivity index (χ0) is 70.8. The first-order valence-corrected chi connectivity index (χ1v) is 31.4. The molecule has 1 heterocycles. The number of likely N-dealkylation sites (tertiary alicyclic amines) is 1. The van der Waals surface area contributed by atoms with E-state index in [0.717, 1.165) is 0 Å².